The van der Waals surface area contributed by atoms with Crippen molar-refractivity contribution < 1.29 is 32.3 Å². The topological polar surface area (TPSA) is 104 Å². The van der Waals surface area contributed by atoms with Crippen molar-refractivity contribution >= 4 is 34.9 Å². The molecule has 0 unspecified atom stereocenters. The first-order chi connectivity index (χ1) is 15.6. The van der Waals surface area contributed by atoms with E-state index in [0.29, 0.717) is 29.5 Å². The monoisotopic (exact) mass is 463 g/mol. The van der Waals surface area contributed by atoms with Gasteiger partial charge in [0.1, 0.15) is 11.6 Å². The molecule has 1 aromatic carbocycles. The molecule has 0 saturated carbocycles. The summed E-state index contributed by atoms with van der Waals surface area (Å²) >= 11 is 0. The summed E-state index contributed by atoms with van der Waals surface area (Å²) < 4.78 is 43.5. The van der Waals surface area contributed by atoms with E-state index in [4.69, 9.17) is 4.74 Å². The van der Waals surface area contributed by atoms with Gasteiger partial charge in [-0.05, 0) is 31.2 Å². The summed E-state index contributed by atoms with van der Waals surface area (Å²) in [4.78, 5) is 43.5. The van der Waals surface area contributed by atoms with E-state index in [2.05, 4.69) is 15.6 Å². The molecule has 174 valence electrons. The molecule has 3 amide bonds. The first-order valence-corrected chi connectivity index (χ1v) is 10.1. The van der Waals surface area contributed by atoms with Gasteiger partial charge < -0.3 is 25.2 Å². The van der Waals surface area contributed by atoms with E-state index in [1.807, 2.05) is 0 Å². The quantitative estimate of drug-likeness (QED) is 0.662. The smallest absolute Gasteiger partial charge is 0.417 e. The molecule has 0 spiro atoms. The number of fused-ring (bicyclic) bond motifs is 1. The van der Waals surface area contributed by atoms with Gasteiger partial charge >= 0.3 is 18.0 Å². The van der Waals surface area contributed by atoms with Crippen LogP contribution in [-0.2, 0) is 20.6 Å². The second kappa shape index (κ2) is 8.60. The molecule has 4 rings (SSSR count). The van der Waals surface area contributed by atoms with Crippen molar-refractivity contribution in [2.45, 2.75) is 19.1 Å². The molecule has 3 heterocycles. The normalized spacial score (nSPS) is 18.2. The van der Waals surface area contributed by atoms with Crippen molar-refractivity contribution in [2.75, 3.05) is 41.8 Å². The van der Waals surface area contributed by atoms with Crippen LogP contribution in [-0.4, -0.2) is 59.9 Å². The maximum atomic E-state index is 12.7. The van der Waals surface area contributed by atoms with Crippen LogP contribution in [0.4, 0.5) is 30.4 Å². The highest BCUT2D eigenvalue weighted by Crippen LogP contribution is 2.31. The highest BCUT2D eigenvalue weighted by Gasteiger charge is 2.33. The number of nitrogens with one attached hydrogen (secondary N) is 2. The summed E-state index contributed by atoms with van der Waals surface area (Å²) in [6, 6.07) is 6.61. The minimum atomic E-state index is -4.46. The highest BCUT2D eigenvalue weighted by molar-refractivity contribution is 6.39. The van der Waals surface area contributed by atoms with Gasteiger partial charge in [0, 0.05) is 43.6 Å². The lowest BCUT2D eigenvalue weighted by atomic mass is 10.1. The van der Waals surface area contributed by atoms with Crippen molar-refractivity contribution in [1.82, 2.24) is 9.88 Å². The Labute approximate surface area is 186 Å². The van der Waals surface area contributed by atoms with Crippen LogP contribution < -0.4 is 20.3 Å². The Morgan fingerprint density at radius 3 is 2.67 bits per heavy atom. The van der Waals surface area contributed by atoms with Crippen molar-refractivity contribution in [3.63, 3.8) is 0 Å². The van der Waals surface area contributed by atoms with Gasteiger partial charge in [-0.15, -0.1) is 0 Å². The Kier molecular flexibility index (Phi) is 5.83. The predicted molar refractivity (Wildman–Crippen MR) is 112 cm³/mol. The molecule has 33 heavy (non-hydrogen) atoms. The molecule has 1 fully saturated rings. The summed E-state index contributed by atoms with van der Waals surface area (Å²) in [5.74, 6) is -1.09. The average Bonchev–Trinajstić information content (AvgIpc) is 2.78. The molecule has 9 nitrogen and oxygen atoms in total. The van der Waals surface area contributed by atoms with E-state index < -0.39 is 23.6 Å². The van der Waals surface area contributed by atoms with Gasteiger partial charge in [0.25, 0.3) is 5.91 Å². The molecule has 1 saturated heterocycles. The van der Waals surface area contributed by atoms with E-state index in [0.717, 1.165) is 12.3 Å². The summed E-state index contributed by atoms with van der Waals surface area (Å²) in [7, 11) is 0. The van der Waals surface area contributed by atoms with Gasteiger partial charge in [-0.2, -0.15) is 13.2 Å². The van der Waals surface area contributed by atoms with Crippen LogP contribution in [0.2, 0.25) is 0 Å². The lowest BCUT2D eigenvalue weighted by Gasteiger charge is -2.40. The number of carbonyl (C=O) groups is 3. The molecule has 1 aromatic heterocycles. The number of ether oxygens (including phenoxy) is 1. The van der Waals surface area contributed by atoms with Crippen LogP contribution in [0, 0.1) is 0 Å². The van der Waals surface area contributed by atoms with Gasteiger partial charge in [-0.1, -0.05) is 0 Å². The molecular formula is C21H20F3N5O4. The molecule has 2 aliphatic rings. The number of carbonyl (C=O) groups excluding carboxylic acids is 3. The van der Waals surface area contributed by atoms with Crippen molar-refractivity contribution in [3.8, 4) is 5.75 Å². The van der Waals surface area contributed by atoms with Crippen molar-refractivity contribution in [2.24, 2.45) is 0 Å². The van der Waals surface area contributed by atoms with Gasteiger partial charge in [0.05, 0.1) is 11.3 Å². The third kappa shape index (κ3) is 4.83. The van der Waals surface area contributed by atoms with Crippen LogP contribution in [0.25, 0.3) is 0 Å². The zero-order valence-corrected chi connectivity index (χ0v) is 17.5. The number of rotatable bonds is 2. The Balaban J connectivity index is 1.36. The van der Waals surface area contributed by atoms with Gasteiger partial charge in [-0.25, -0.2) is 4.98 Å². The lowest BCUT2D eigenvalue weighted by molar-refractivity contribution is -0.143. The van der Waals surface area contributed by atoms with Gasteiger partial charge in [0.2, 0.25) is 0 Å². The van der Waals surface area contributed by atoms with Crippen LogP contribution in [0.3, 0.4) is 0 Å². The van der Waals surface area contributed by atoms with Crippen LogP contribution >= 0.6 is 0 Å². The number of alkyl halides is 3. The van der Waals surface area contributed by atoms with E-state index in [-0.39, 0.29) is 31.6 Å². The number of nitrogens with zero attached hydrogens (tertiary/aromatic N) is 3. The van der Waals surface area contributed by atoms with E-state index in [1.54, 1.807) is 17.9 Å². The SMILES string of the molecule is C[C@@H]1CN(C(=O)C(=O)Nc2ccc3c(c2)OCC(=O)N3)CCN1c1ccc(C(F)(F)F)cn1. The fourth-order valence-electron chi connectivity index (χ4n) is 3.69. The molecule has 1 atom stereocenters. The Morgan fingerprint density at radius 1 is 1.21 bits per heavy atom. The third-order valence-corrected chi connectivity index (χ3v) is 5.35. The minimum absolute atomic E-state index is 0.140. The lowest BCUT2D eigenvalue weighted by Crippen LogP contribution is -2.56. The second-order valence-electron chi connectivity index (χ2n) is 7.70. The number of aromatic nitrogens is 1. The Hall–Kier alpha value is -3.83. The largest absolute Gasteiger partial charge is 0.482 e. The first-order valence-electron chi connectivity index (χ1n) is 10.1. The molecule has 2 aliphatic heterocycles. The first kappa shape index (κ1) is 22.4. The van der Waals surface area contributed by atoms with Gasteiger partial charge in [0.15, 0.2) is 6.61 Å². The van der Waals surface area contributed by atoms with Crippen molar-refractivity contribution in [1.29, 1.82) is 0 Å². The summed E-state index contributed by atoms with van der Waals surface area (Å²) in [5, 5.41) is 5.15. The summed E-state index contributed by atoms with van der Waals surface area (Å²) in [5.41, 5.74) is -0.0272. The number of anilines is 3. The average molecular weight is 463 g/mol. The van der Waals surface area contributed by atoms with E-state index >= 15 is 0 Å². The molecule has 0 radical (unpaired) electrons. The third-order valence-electron chi connectivity index (χ3n) is 5.35. The maximum Gasteiger partial charge on any atom is 0.417 e. The fraction of sp³-hybridized carbons (Fsp3) is 0.333. The molecule has 12 heteroatoms. The number of piperazine rings is 1. The zero-order valence-electron chi connectivity index (χ0n) is 17.5. The summed E-state index contributed by atoms with van der Waals surface area (Å²) in [6.07, 6.45) is -3.69. The van der Waals surface area contributed by atoms with Crippen molar-refractivity contribution in [3.05, 3.63) is 42.1 Å². The number of benzene rings is 1. The van der Waals surface area contributed by atoms with Crippen LogP contribution in [0.5, 0.6) is 5.75 Å². The highest BCUT2D eigenvalue weighted by atomic mass is 19.4. The predicted octanol–water partition coefficient (Wildman–Crippen LogP) is 2.11. The number of hydrogen-bond acceptors (Lipinski definition) is 6. The van der Waals surface area contributed by atoms with Crippen LogP contribution in [0.15, 0.2) is 36.5 Å². The minimum Gasteiger partial charge on any atom is -0.482 e. The summed E-state index contributed by atoms with van der Waals surface area (Å²) in [6.45, 7) is 2.38. The number of halogens is 3. The molecule has 2 N–H and O–H groups in total. The number of pyridine rings is 1. The van der Waals surface area contributed by atoms with E-state index in [9.17, 15) is 27.6 Å². The fourth-order valence-corrected chi connectivity index (χ4v) is 3.69. The standard InChI is InChI=1S/C21H20F3N5O4/c1-12-10-28(6-7-29(12)17-5-2-13(9-25-17)21(22,23)24)20(32)19(31)26-14-3-4-15-16(8-14)33-11-18(30)27-15/h2-5,8-9,12H,6-7,10-11H2,1H3,(H,26,31)(H,27,30)/t12-/m1/s1. The number of hydrogen-bond donors (Lipinski definition) is 2. The Bertz CT molecular complexity index is 1090. The maximum absolute atomic E-state index is 12.7. The number of amides is 3. The zero-order chi connectivity index (χ0) is 23.8. The molecule has 2 aromatic rings. The molecule has 0 bridgehead atoms. The Morgan fingerprint density at radius 2 is 2.00 bits per heavy atom. The van der Waals surface area contributed by atoms with Crippen LogP contribution in [0.1, 0.15) is 12.5 Å². The van der Waals surface area contributed by atoms with Gasteiger partial charge in [-0.3, -0.25) is 14.4 Å². The van der Waals surface area contributed by atoms with E-state index in [1.165, 1.54) is 23.1 Å². The molecular weight excluding hydrogens is 443 g/mol. The molecule has 0 aliphatic carbocycles. The second-order valence-corrected chi connectivity index (χ2v) is 7.70.